The summed E-state index contributed by atoms with van der Waals surface area (Å²) in [6, 6.07) is 3.81. The maximum Gasteiger partial charge on any atom is 0.142 e. The molecule has 5 nitrogen and oxygen atoms in total. The van der Waals surface area contributed by atoms with Crippen molar-refractivity contribution in [2.45, 2.75) is 31.4 Å². The Balaban J connectivity index is 2.37. The quantitative estimate of drug-likeness (QED) is 0.863. The van der Waals surface area contributed by atoms with Gasteiger partial charge in [0.2, 0.25) is 0 Å². The molecule has 0 bridgehead atoms. The Morgan fingerprint density at radius 1 is 1.45 bits per heavy atom. The van der Waals surface area contributed by atoms with Gasteiger partial charge in [-0.3, -0.25) is 4.98 Å². The molecule has 1 unspecified atom stereocenters. The van der Waals surface area contributed by atoms with Crippen LogP contribution in [0.4, 0.5) is 0 Å². The Morgan fingerprint density at radius 3 is 2.80 bits per heavy atom. The fraction of sp³-hybridized carbons (Fsp3) is 0.667. The van der Waals surface area contributed by atoms with Crippen LogP contribution in [-0.4, -0.2) is 44.6 Å². The van der Waals surface area contributed by atoms with Gasteiger partial charge in [-0.25, -0.2) is 0 Å². The number of aromatic nitrogens is 1. The molecule has 0 amide bonds. The van der Waals surface area contributed by atoms with E-state index in [0.717, 1.165) is 24.3 Å². The third kappa shape index (κ3) is 2.95. The van der Waals surface area contributed by atoms with Gasteiger partial charge in [0.05, 0.1) is 18.8 Å². The molecule has 2 rings (SSSR count). The zero-order valence-electron chi connectivity index (χ0n) is 12.5. The molecule has 0 aliphatic carbocycles. The summed E-state index contributed by atoms with van der Waals surface area (Å²) in [6.07, 6.45) is 3.50. The number of pyridine rings is 1. The molecule has 1 aliphatic heterocycles. The summed E-state index contributed by atoms with van der Waals surface area (Å²) in [4.78, 5) is 4.51. The van der Waals surface area contributed by atoms with Gasteiger partial charge in [-0.2, -0.15) is 0 Å². The first-order valence-electron chi connectivity index (χ1n) is 7.15. The van der Waals surface area contributed by atoms with Crippen LogP contribution in [0, 0.1) is 0 Å². The van der Waals surface area contributed by atoms with E-state index < -0.39 is 0 Å². The number of hydrogen-bond acceptors (Lipinski definition) is 5. The van der Waals surface area contributed by atoms with Crippen LogP contribution in [0.5, 0.6) is 5.75 Å². The zero-order valence-corrected chi connectivity index (χ0v) is 12.5. The fourth-order valence-electron chi connectivity index (χ4n) is 2.96. The predicted molar refractivity (Wildman–Crippen MR) is 77.0 cm³/mol. The van der Waals surface area contributed by atoms with Gasteiger partial charge in [0.25, 0.3) is 0 Å². The molecule has 20 heavy (non-hydrogen) atoms. The van der Waals surface area contributed by atoms with E-state index in [0.29, 0.717) is 19.8 Å². The predicted octanol–water partition coefficient (Wildman–Crippen LogP) is 1.94. The fourth-order valence-corrected chi connectivity index (χ4v) is 2.96. The summed E-state index contributed by atoms with van der Waals surface area (Å²) in [5.41, 5.74) is 0.608. The summed E-state index contributed by atoms with van der Waals surface area (Å²) in [5, 5.41) is 3.37. The second kappa shape index (κ2) is 7.02. The minimum absolute atomic E-state index is 0.0116. The average Bonchev–Trinajstić information content (AvgIpc) is 2.49. The molecule has 2 heterocycles. The highest BCUT2D eigenvalue weighted by atomic mass is 16.5. The van der Waals surface area contributed by atoms with Crippen LogP contribution >= 0.6 is 0 Å². The van der Waals surface area contributed by atoms with E-state index in [2.05, 4.69) is 10.3 Å². The maximum absolute atomic E-state index is 6.14. The van der Waals surface area contributed by atoms with E-state index in [1.165, 1.54) is 0 Å². The van der Waals surface area contributed by atoms with Crippen LogP contribution in [0.2, 0.25) is 0 Å². The Hall–Kier alpha value is -1.17. The SMILES string of the molecule is CCOC1(C(NC)c2ncccc2OC)CCOCC1. The minimum Gasteiger partial charge on any atom is -0.495 e. The van der Waals surface area contributed by atoms with Crippen molar-refractivity contribution < 1.29 is 14.2 Å². The van der Waals surface area contributed by atoms with Gasteiger partial charge < -0.3 is 19.5 Å². The lowest BCUT2D eigenvalue weighted by Gasteiger charge is -2.42. The Bertz CT molecular complexity index is 414. The van der Waals surface area contributed by atoms with Crippen molar-refractivity contribution in [3.8, 4) is 5.75 Å². The monoisotopic (exact) mass is 280 g/mol. The van der Waals surface area contributed by atoms with E-state index in [-0.39, 0.29) is 11.6 Å². The lowest BCUT2D eigenvalue weighted by Crippen LogP contribution is -2.49. The standard InChI is InChI=1S/C15H24N2O3/c1-4-20-15(7-10-19-11-8-15)14(16-2)13-12(18-3)6-5-9-17-13/h5-6,9,14,16H,4,7-8,10-11H2,1-3H3. The molecule has 1 aromatic rings. The van der Waals surface area contributed by atoms with E-state index in [4.69, 9.17) is 14.2 Å². The van der Waals surface area contributed by atoms with Gasteiger partial charge in [0.1, 0.15) is 11.4 Å². The molecule has 1 aromatic heterocycles. The lowest BCUT2D eigenvalue weighted by atomic mass is 9.83. The summed E-state index contributed by atoms with van der Waals surface area (Å²) < 4.78 is 17.1. The Morgan fingerprint density at radius 2 is 2.20 bits per heavy atom. The van der Waals surface area contributed by atoms with Crippen LogP contribution in [0.3, 0.4) is 0 Å². The van der Waals surface area contributed by atoms with Crippen molar-refractivity contribution in [1.29, 1.82) is 0 Å². The van der Waals surface area contributed by atoms with Crippen molar-refractivity contribution in [3.63, 3.8) is 0 Å². The smallest absolute Gasteiger partial charge is 0.142 e. The lowest BCUT2D eigenvalue weighted by molar-refractivity contribution is -0.127. The van der Waals surface area contributed by atoms with Crippen LogP contribution in [-0.2, 0) is 9.47 Å². The first-order chi connectivity index (χ1) is 9.77. The van der Waals surface area contributed by atoms with Crippen LogP contribution in [0.25, 0.3) is 0 Å². The van der Waals surface area contributed by atoms with Gasteiger partial charge in [-0.05, 0) is 26.1 Å². The van der Waals surface area contributed by atoms with Gasteiger partial charge in [0, 0.05) is 38.9 Å². The van der Waals surface area contributed by atoms with Gasteiger partial charge in [0.15, 0.2) is 0 Å². The van der Waals surface area contributed by atoms with Crippen molar-refractivity contribution >= 4 is 0 Å². The molecule has 1 atom stereocenters. The van der Waals surface area contributed by atoms with Gasteiger partial charge in [-0.1, -0.05) is 0 Å². The van der Waals surface area contributed by atoms with Crippen molar-refractivity contribution in [2.75, 3.05) is 34.0 Å². The molecule has 0 radical (unpaired) electrons. The van der Waals surface area contributed by atoms with Crippen molar-refractivity contribution in [1.82, 2.24) is 10.3 Å². The topological polar surface area (TPSA) is 52.6 Å². The summed E-state index contributed by atoms with van der Waals surface area (Å²) in [6.45, 7) is 4.13. The Kier molecular flexibility index (Phi) is 5.34. The maximum atomic E-state index is 6.14. The molecule has 112 valence electrons. The van der Waals surface area contributed by atoms with Crippen LogP contribution in [0.15, 0.2) is 18.3 Å². The van der Waals surface area contributed by atoms with E-state index in [1.54, 1.807) is 13.3 Å². The van der Waals surface area contributed by atoms with Crippen molar-refractivity contribution in [3.05, 3.63) is 24.0 Å². The van der Waals surface area contributed by atoms with Crippen LogP contribution < -0.4 is 10.1 Å². The number of nitrogens with one attached hydrogen (secondary N) is 1. The highest BCUT2D eigenvalue weighted by molar-refractivity contribution is 5.31. The number of nitrogens with zero attached hydrogens (tertiary/aromatic N) is 1. The molecule has 1 N–H and O–H groups in total. The van der Waals surface area contributed by atoms with Crippen LogP contribution in [0.1, 0.15) is 31.5 Å². The normalized spacial score (nSPS) is 19.6. The summed E-state index contributed by atoms with van der Waals surface area (Å²) in [5.74, 6) is 0.789. The minimum atomic E-state index is -0.288. The summed E-state index contributed by atoms with van der Waals surface area (Å²) >= 11 is 0. The number of likely N-dealkylation sites (N-methyl/N-ethyl adjacent to an activating group) is 1. The summed E-state index contributed by atoms with van der Waals surface area (Å²) in [7, 11) is 3.61. The number of hydrogen-bond donors (Lipinski definition) is 1. The largest absolute Gasteiger partial charge is 0.495 e. The second-order valence-corrected chi connectivity index (χ2v) is 4.92. The number of ether oxygens (including phenoxy) is 3. The van der Waals surface area contributed by atoms with E-state index in [9.17, 15) is 0 Å². The molecule has 1 saturated heterocycles. The number of rotatable bonds is 6. The first-order valence-corrected chi connectivity index (χ1v) is 7.15. The highest BCUT2D eigenvalue weighted by Gasteiger charge is 2.43. The third-order valence-electron chi connectivity index (χ3n) is 3.88. The molecule has 0 saturated carbocycles. The third-order valence-corrected chi connectivity index (χ3v) is 3.88. The molecule has 5 heteroatoms. The molecule has 0 aromatic carbocycles. The highest BCUT2D eigenvalue weighted by Crippen LogP contribution is 2.39. The molecular weight excluding hydrogens is 256 g/mol. The van der Waals surface area contributed by atoms with Gasteiger partial charge >= 0.3 is 0 Å². The molecule has 1 aliphatic rings. The molecule has 0 spiro atoms. The molecular formula is C15H24N2O3. The first kappa shape index (κ1) is 15.2. The van der Waals surface area contributed by atoms with Gasteiger partial charge in [-0.15, -0.1) is 0 Å². The number of methoxy groups -OCH3 is 1. The van der Waals surface area contributed by atoms with E-state index in [1.807, 2.05) is 26.1 Å². The average molecular weight is 280 g/mol. The van der Waals surface area contributed by atoms with Crippen molar-refractivity contribution in [2.24, 2.45) is 0 Å². The molecule has 1 fully saturated rings. The second-order valence-electron chi connectivity index (χ2n) is 4.92. The Labute approximate surface area is 120 Å². The van der Waals surface area contributed by atoms with E-state index >= 15 is 0 Å². The zero-order chi connectivity index (χ0) is 14.4.